The standard InChI is InChI=1S/C25H24N4O/c1-16-5-3-6-17(13-16)14-23(30)29-12-11-19-15-18(9-10-21(19)29)20-7-4-8-22-24(20)25(26)27-28(22)2/h3-10,13,15H,11-12,14H2,1-2H3,(H2,26,27). The van der Waals surface area contributed by atoms with Crippen LogP contribution in [0.4, 0.5) is 11.5 Å². The molecule has 4 aromatic rings. The van der Waals surface area contributed by atoms with Crippen molar-refractivity contribution < 1.29 is 4.79 Å². The van der Waals surface area contributed by atoms with Gasteiger partial charge in [0.15, 0.2) is 5.82 Å². The van der Waals surface area contributed by atoms with Crippen LogP contribution >= 0.6 is 0 Å². The average Bonchev–Trinajstić information content (AvgIpc) is 3.28. The van der Waals surface area contributed by atoms with E-state index in [0.29, 0.717) is 12.2 Å². The number of anilines is 2. The molecule has 0 saturated heterocycles. The minimum Gasteiger partial charge on any atom is -0.382 e. The number of carbonyl (C=O) groups is 1. The van der Waals surface area contributed by atoms with Crippen molar-refractivity contribution in [2.45, 2.75) is 19.8 Å². The maximum absolute atomic E-state index is 13.0. The molecule has 0 atom stereocenters. The van der Waals surface area contributed by atoms with Crippen molar-refractivity contribution in [1.82, 2.24) is 9.78 Å². The van der Waals surface area contributed by atoms with Gasteiger partial charge >= 0.3 is 0 Å². The van der Waals surface area contributed by atoms with Crippen molar-refractivity contribution in [3.8, 4) is 11.1 Å². The van der Waals surface area contributed by atoms with E-state index in [0.717, 1.165) is 46.2 Å². The van der Waals surface area contributed by atoms with Crippen LogP contribution in [0.3, 0.4) is 0 Å². The molecule has 1 aliphatic heterocycles. The molecular weight excluding hydrogens is 372 g/mol. The minimum absolute atomic E-state index is 0.144. The third kappa shape index (κ3) is 3.03. The Balaban J connectivity index is 1.47. The Kier molecular flexibility index (Phi) is 4.31. The summed E-state index contributed by atoms with van der Waals surface area (Å²) in [6, 6.07) is 20.6. The molecule has 1 aliphatic rings. The third-order valence-electron chi connectivity index (χ3n) is 5.93. The summed E-state index contributed by atoms with van der Waals surface area (Å²) in [7, 11) is 1.91. The van der Waals surface area contributed by atoms with Gasteiger partial charge < -0.3 is 10.6 Å². The minimum atomic E-state index is 0.144. The van der Waals surface area contributed by atoms with Crippen LogP contribution in [0.15, 0.2) is 60.7 Å². The molecule has 3 aromatic carbocycles. The fourth-order valence-corrected chi connectivity index (χ4v) is 4.51. The summed E-state index contributed by atoms with van der Waals surface area (Å²) >= 11 is 0. The van der Waals surface area contributed by atoms with Crippen molar-refractivity contribution in [3.05, 3.63) is 77.4 Å². The number of rotatable bonds is 3. The first-order valence-electron chi connectivity index (χ1n) is 10.2. The molecule has 0 spiro atoms. The average molecular weight is 396 g/mol. The van der Waals surface area contributed by atoms with Gasteiger partial charge in [-0.25, -0.2) is 0 Å². The molecule has 150 valence electrons. The lowest BCUT2D eigenvalue weighted by Crippen LogP contribution is -2.30. The zero-order valence-electron chi connectivity index (χ0n) is 17.2. The summed E-state index contributed by atoms with van der Waals surface area (Å²) in [5, 5.41) is 5.35. The van der Waals surface area contributed by atoms with E-state index in [1.165, 1.54) is 11.1 Å². The Morgan fingerprint density at radius 2 is 1.93 bits per heavy atom. The van der Waals surface area contributed by atoms with Gasteiger partial charge in [0.05, 0.1) is 17.3 Å². The molecule has 1 aromatic heterocycles. The van der Waals surface area contributed by atoms with E-state index in [-0.39, 0.29) is 5.91 Å². The van der Waals surface area contributed by atoms with Gasteiger partial charge in [-0.2, -0.15) is 5.10 Å². The van der Waals surface area contributed by atoms with Crippen LogP contribution in [0.2, 0.25) is 0 Å². The molecule has 1 amide bonds. The lowest BCUT2D eigenvalue weighted by molar-refractivity contribution is -0.117. The molecule has 5 nitrogen and oxygen atoms in total. The summed E-state index contributed by atoms with van der Waals surface area (Å²) in [4.78, 5) is 14.9. The molecular formula is C25H24N4O. The number of amides is 1. The van der Waals surface area contributed by atoms with Gasteiger partial charge in [-0.3, -0.25) is 9.48 Å². The summed E-state index contributed by atoms with van der Waals surface area (Å²) in [5.41, 5.74) is 13.8. The summed E-state index contributed by atoms with van der Waals surface area (Å²) in [6.45, 7) is 2.78. The number of hydrogen-bond acceptors (Lipinski definition) is 3. The van der Waals surface area contributed by atoms with Gasteiger partial charge in [0.1, 0.15) is 0 Å². The van der Waals surface area contributed by atoms with Gasteiger partial charge in [-0.05, 0) is 53.8 Å². The van der Waals surface area contributed by atoms with Crippen LogP contribution in [0, 0.1) is 6.92 Å². The highest BCUT2D eigenvalue weighted by Crippen LogP contribution is 2.37. The largest absolute Gasteiger partial charge is 0.382 e. The number of nitrogens with two attached hydrogens (primary N) is 1. The Morgan fingerprint density at radius 1 is 1.10 bits per heavy atom. The summed E-state index contributed by atoms with van der Waals surface area (Å²) in [5.74, 6) is 0.685. The van der Waals surface area contributed by atoms with Crippen LogP contribution in [-0.2, 0) is 24.7 Å². The van der Waals surface area contributed by atoms with E-state index in [1.54, 1.807) is 0 Å². The number of nitrogen functional groups attached to an aromatic ring is 1. The van der Waals surface area contributed by atoms with E-state index in [4.69, 9.17) is 5.73 Å². The first-order chi connectivity index (χ1) is 14.5. The van der Waals surface area contributed by atoms with Crippen molar-refractivity contribution in [1.29, 1.82) is 0 Å². The lowest BCUT2D eigenvalue weighted by Gasteiger charge is -2.18. The second kappa shape index (κ2) is 7.02. The Labute approximate surface area is 175 Å². The van der Waals surface area contributed by atoms with Crippen LogP contribution < -0.4 is 10.6 Å². The van der Waals surface area contributed by atoms with Crippen molar-refractivity contribution in [2.75, 3.05) is 17.2 Å². The number of hydrogen-bond donors (Lipinski definition) is 1. The molecule has 0 radical (unpaired) electrons. The molecule has 0 fully saturated rings. The first kappa shape index (κ1) is 18.4. The van der Waals surface area contributed by atoms with E-state index in [2.05, 4.69) is 48.4 Å². The SMILES string of the molecule is Cc1cccc(CC(=O)N2CCc3cc(-c4cccc5c4c(N)nn5C)ccc32)c1. The molecule has 2 N–H and O–H groups in total. The predicted octanol–water partition coefficient (Wildman–Crippen LogP) is 4.26. The van der Waals surface area contributed by atoms with Gasteiger partial charge in [0.25, 0.3) is 0 Å². The van der Waals surface area contributed by atoms with Crippen LogP contribution in [0.1, 0.15) is 16.7 Å². The molecule has 2 heterocycles. The lowest BCUT2D eigenvalue weighted by atomic mass is 9.98. The fourth-order valence-electron chi connectivity index (χ4n) is 4.51. The molecule has 5 rings (SSSR count). The van der Waals surface area contributed by atoms with E-state index in [1.807, 2.05) is 40.9 Å². The van der Waals surface area contributed by atoms with Crippen molar-refractivity contribution in [3.63, 3.8) is 0 Å². The molecule has 5 heteroatoms. The highest BCUT2D eigenvalue weighted by Gasteiger charge is 2.25. The smallest absolute Gasteiger partial charge is 0.231 e. The number of fused-ring (bicyclic) bond motifs is 2. The highest BCUT2D eigenvalue weighted by molar-refractivity contribution is 6.03. The first-order valence-corrected chi connectivity index (χ1v) is 10.2. The maximum Gasteiger partial charge on any atom is 0.231 e. The highest BCUT2D eigenvalue weighted by atomic mass is 16.2. The van der Waals surface area contributed by atoms with Crippen LogP contribution in [0.25, 0.3) is 22.0 Å². The fraction of sp³-hybridized carbons (Fsp3) is 0.200. The van der Waals surface area contributed by atoms with Gasteiger partial charge in [-0.15, -0.1) is 0 Å². The van der Waals surface area contributed by atoms with E-state index < -0.39 is 0 Å². The number of nitrogens with zero attached hydrogens (tertiary/aromatic N) is 3. The predicted molar refractivity (Wildman–Crippen MR) is 122 cm³/mol. The molecule has 0 unspecified atom stereocenters. The molecule has 0 aliphatic carbocycles. The molecule has 0 bridgehead atoms. The second-order valence-electron chi connectivity index (χ2n) is 8.01. The number of aromatic nitrogens is 2. The second-order valence-corrected chi connectivity index (χ2v) is 8.01. The maximum atomic E-state index is 13.0. The van der Waals surface area contributed by atoms with Gasteiger partial charge in [0, 0.05) is 19.3 Å². The van der Waals surface area contributed by atoms with Crippen molar-refractivity contribution >= 4 is 28.3 Å². The van der Waals surface area contributed by atoms with Gasteiger partial charge in [0.2, 0.25) is 5.91 Å². The Hall–Kier alpha value is -3.60. The zero-order chi connectivity index (χ0) is 20.8. The zero-order valence-corrected chi connectivity index (χ0v) is 17.2. The molecule has 0 saturated carbocycles. The topological polar surface area (TPSA) is 64.2 Å². The van der Waals surface area contributed by atoms with E-state index >= 15 is 0 Å². The van der Waals surface area contributed by atoms with Crippen molar-refractivity contribution in [2.24, 2.45) is 7.05 Å². The Morgan fingerprint density at radius 3 is 2.77 bits per heavy atom. The van der Waals surface area contributed by atoms with Crippen LogP contribution in [-0.4, -0.2) is 22.2 Å². The number of carbonyl (C=O) groups excluding carboxylic acids is 1. The van der Waals surface area contributed by atoms with Gasteiger partial charge in [-0.1, -0.05) is 48.0 Å². The van der Waals surface area contributed by atoms with E-state index in [9.17, 15) is 4.79 Å². The summed E-state index contributed by atoms with van der Waals surface area (Å²) in [6.07, 6.45) is 1.29. The summed E-state index contributed by atoms with van der Waals surface area (Å²) < 4.78 is 1.81. The normalized spacial score (nSPS) is 13.1. The Bertz CT molecular complexity index is 1290. The third-order valence-corrected chi connectivity index (χ3v) is 5.93. The number of benzene rings is 3. The molecule has 30 heavy (non-hydrogen) atoms. The monoisotopic (exact) mass is 396 g/mol. The number of aryl methyl sites for hydroxylation is 2. The quantitative estimate of drug-likeness (QED) is 0.563. The van der Waals surface area contributed by atoms with Crippen LogP contribution in [0.5, 0.6) is 0 Å².